The van der Waals surface area contributed by atoms with Crippen LogP contribution in [0, 0.1) is 11.8 Å². The number of hydrogen-bond acceptors (Lipinski definition) is 4. The quantitative estimate of drug-likeness (QED) is 0.717. The summed E-state index contributed by atoms with van der Waals surface area (Å²) in [6.07, 6.45) is 1.56. The molecule has 1 rings (SSSR count). The third-order valence-electron chi connectivity index (χ3n) is 1.80. The van der Waals surface area contributed by atoms with Crippen LogP contribution in [0.3, 0.4) is 0 Å². The first-order valence-corrected chi connectivity index (χ1v) is 5.12. The molecule has 0 aliphatic carbocycles. The van der Waals surface area contributed by atoms with Crippen LogP contribution in [-0.2, 0) is 4.79 Å². The molecule has 0 aliphatic heterocycles. The van der Waals surface area contributed by atoms with Gasteiger partial charge in [-0.05, 0) is 26.2 Å². The van der Waals surface area contributed by atoms with Crippen molar-refractivity contribution in [3.8, 4) is 11.8 Å². The molecule has 0 radical (unpaired) electrons. The minimum absolute atomic E-state index is 0.130. The normalized spacial score (nSPS) is 9.65. The zero-order valence-electron chi connectivity index (χ0n) is 9.90. The Kier molecular flexibility index (Phi) is 5.14. The van der Waals surface area contributed by atoms with Gasteiger partial charge in [0.2, 0.25) is 5.91 Å². The van der Waals surface area contributed by atoms with Crippen LogP contribution in [0.5, 0.6) is 0 Å². The van der Waals surface area contributed by atoms with Crippen LogP contribution >= 0.6 is 0 Å². The van der Waals surface area contributed by atoms with Crippen molar-refractivity contribution in [2.24, 2.45) is 0 Å². The Bertz CT molecular complexity index is 447. The van der Waals surface area contributed by atoms with E-state index in [4.69, 9.17) is 5.11 Å². The van der Waals surface area contributed by atoms with Gasteiger partial charge in [-0.1, -0.05) is 11.8 Å². The van der Waals surface area contributed by atoms with Crippen LogP contribution in [0.1, 0.15) is 5.56 Å². The smallest absolute Gasteiger partial charge is 0.239 e. The minimum Gasteiger partial charge on any atom is -0.384 e. The number of nitrogens with one attached hydrogen (secondary N) is 1. The fraction of sp³-hybridized carbons (Fsp3) is 0.333. The maximum atomic E-state index is 11.5. The van der Waals surface area contributed by atoms with Crippen LogP contribution in [0.2, 0.25) is 0 Å². The van der Waals surface area contributed by atoms with Gasteiger partial charge in [-0.15, -0.1) is 0 Å². The number of amides is 1. The largest absolute Gasteiger partial charge is 0.384 e. The highest BCUT2D eigenvalue weighted by Gasteiger charge is 2.04. The number of carbonyl (C=O) groups excluding carboxylic acids is 1. The van der Waals surface area contributed by atoms with Gasteiger partial charge in [0.25, 0.3) is 0 Å². The van der Waals surface area contributed by atoms with E-state index in [1.54, 1.807) is 23.2 Å². The number of aromatic nitrogens is 1. The van der Waals surface area contributed by atoms with Crippen LogP contribution in [0.25, 0.3) is 0 Å². The lowest BCUT2D eigenvalue weighted by molar-refractivity contribution is -0.116. The second kappa shape index (κ2) is 6.63. The molecule has 0 atom stereocenters. The van der Waals surface area contributed by atoms with Gasteiger partial charge >= 0.3 is 0 Å². The third kappa shape index (κ3) is 5.11. The van der Waals surface area contributed by atoms with E-state index in [0.29, 0.717) is 17.9 Å². The summed E-state index contributed by atoms with van der Waals surface area (Å²) in [7, 11) is 3.63. The van der Waals surface area contributed by atoms with Gasteiger partial charge < -0.3 is 15.3 Å². The lowest BCUT2D eigenvalue weighted by Gasteiger charge is -2.09. The molecule has 0 unspecified atom stereocenters. The second-order valence-electron chi connectivity index (χ2n) is 3.68. The van der Waals surface area contributed by atoms with Crippen molar-refractivity contribution in [3.63, 3.8) is 0 Å². The zero-order chi connectivity index (χ0) is 12.7. The molecule has 1 heterocycles. The topological polar surface area (TPSA) is 65.5 Å². The highest BCUT2D eigenvalue weighted by molar-refractivity contribution is 5.91. The Labute approximate surface area is 100 Å². The Balaban J connectivity index is 2.68. The number of aliphatic hydroxyl groups is 1. The van der Waals surface area contributed by atoms with Crippen molar-refractivity contribution in [2.75, 3.05) is 32.6 Å². The molecule has 1 aromatic heterocycles. The van der Waals surface area contributed by atoms with E-state index >= 15 is 0 Å². The van der Waals surface area contributed by atoms with Crippen LogP contribution < -0.4 is 5.32 Å². The van der Waals surface area contributed by atoms with Crippen molar-refractivity contribution in [1.29, 1.82) is 0 Å². The summed E-state index contributed by atoms with van der Waals surface area (Å²) in [5.41, 5.74) is 0.703. The number of carbonyl (C=O) groups is 1. The Morgan fingerprint density at radius 2 is 2.35 bits per heavy atom. The molecule has 0 fully saturated rings. The van der Waals surface area contributed by atoms with E-state index in [1.165, 1.54) is 0 Å². The van der Waals surface area contributed by atoms with Gasteiger partial charge in [-0.25, -0.2) is 4.98 Å². The van der Waals surface area contributed by atoms with E-state index in [1.807, 2.05) is 14.1 Å². The minimum atomic E-state index is -0.190. The molecular formula is C12H15N3O2. The summed E-state index contributed by atoms with van der Waals surface area (Å²) < 4.78 is 0. The maximum Gasteiger partial charge on any atom is 0.239 e. The highest BCUT2D eigenvalue weighted by atomic mass is 16.2. The highest BCUT2D eigenvalue weighted by Crippen LogP contribution is 2.05. The van der Waals surface area contributed by atoms with E-state index in [-0.39, 0.29) is 12.5 Å². The lowest BCUT2D eigenvalue weighted by Crippen LogP contribution is -2.27. The summed E-state index contributed by atoms with van der Waals surface area (Å²) in [5, 5.41) is 11.2. The number of rotatable bonds is 3. The van der Waals surface area contributed by atoms with Gasteiger partial charge in [0.1, 0.15) is 12.4 Å². The molecular weight excluding hydrogens is 218 g/mol. The molecule has 0 saturated heterocycles. The van der Waals surface area contributed by atoms with Gasteiger partial charge in [-0.2, -0.15) is 0 Å². The molecule has 0 bridgehead atoms. The van der Waals surface area contributed by atoms with Crippen molar-refractivity contribution in [2.45, 2.75) is 0 Å². The lowest BCUT2D eigenvalue weighted by atomic mass is 10.2. The molecule has 1 aromatic rings. The van der Waals surface area contributed by atoms with Gasteiger partial charge in [0.15, 0.2) is 0 Å². The molecule has 0 spiro atoms. The summed E-state index contributed by atoms with van der Waals surface area (Å²) in [6.45, 7) is 0.110. The third-order valence-corrected chi connectivity index (χ3v) is 1.80. The Morgan fingerprint density at radius 3 is 3.00 bits per heavy atom. The predicted octanol–water partition coefficient (Wildman–Crippen LogP) is -0.0745. The number of hydrogen-bond donors (Lipinski definition) is 2. The molecule has 1 amide bonds. The first-order valence-electron chi connectivity index (χ1n) is 5.12. The van der Waals surface area contributed by atoms with Crippen molar-refractivity contribution >= 4 is 11.7 Å². The SMILES string of the molecule is CN(C)CC(=O)Nc1cc(C#CCO)ccn1. The number of aliphatic hydroxyl groups excluding tert-OH is 1. The number of nitrogens with zero attached hydrogens (tertiary/aromatic N) is 2. The number of pyridine rings is 1. The standard InChI is InChI=1S/C12H15N3O2/c1-15(2)9-12(17)14-11-8-10(4-3-7-16)5-6-13-11/h5-6,8,16H,7,9H2,1-2H3,(H,13,14,17). The fourth-order valence-corrected chi connectivity index (χ4v) is 1.19. The molecule has 0 saturated carbocycles. The Morgan fingerprint density at radius 1 is 1.59 bits per heavy atom. The maximum absolute atomic E-state index is 11.5. The summed E-state index contributed by atoms with van der Waals surface area (Å²) in [5.74, 6) is 5.61. The fourth-order valence-electron chi connectivity index (χ4n) is 1.19. The van der Waals surface area contributed by atoms with E-state index in [2.05, 4.69) is 22.1 Å². The average Bonchev–Trinajstić information content (AvgIpc) is 2.25. The zero-order valence-corrected chi connectivity index (χ0v) is 9.90. The van der Waals surface area contributed by atoms with Crippen LogP contribution in [0.4, 0.5) is 5.82 Å². The molecule has 5 heteroatoms. The van der Waals surface area contributed by atoms with Crippen molar-refractivity contribution in [1.82, 2.24) is 9.88 Å². The van der Waals surface area contributed by atoms with E-state index < -0.39 is 0 Å². The number of anilines is 1. The second-order valence-corrected chi connectivity index (χ2v) is 3.68. The summed E-state index contributed by atoms with van der Waals surface area (Å²) >= 11 is 0. The van der Waals surface area contributed by atoms with Gasteiger partial charge in [0, 0.05) is 11.8 Å². The molecule has 2 N–H and O–H groups in total. The molecule has 5 nitrogen and oxygen atoms in total. The Hall–Kier alpha value is -1.90. The van der Waals surface area contributed by atoms with Crippen molar-refractivity contribution < 1.29 is 9.90 Å². The summed E-state index contributed by atoms with van der Waals surface area (Å²) in [6, 6.07) is 3.38. The molecule has 0 aliphatic rings. The summed E-state index contributed by atoms with van der Waals surface area (Å²) in [4.78, 5) is 17.3. The van der Waals surface area contributed by atoms with Gasteiger partial charge in [-0.3, -0.25) is 4.79 Å². The van der Waals surface area contributed by atoms with Crippen LogP contribution in [0.15, 0.2) is 18.3 Å². The van der Waals surface area contributed by atoms with E-state index in [0.717, 1.165) is 0 Å². The molecule has 90 valence electrons. The molecule has 17 heavy (non-hydrogen) atoms. The van der Waals surface area contributed by atoms with Crippen LogP contribution in [-0.4, -0.2) is 48.1 Å². The predicted molar refractivity (Wildman–Crippen MR) is 65.4 cm³/mol. The number of likely N-dealkylation sites (N-methyl/N-ethyl adjacent to an activating group) is 1. The average molecular weight is 233 g/mol. The first-order chi connectivity index (χ1) is 8.11. The van der Waals surface area contributed by atoms with Gasteiger partial charge in [0.05, 0.1) is 6.54 Å². The van der Waals surface area contributed by atoms with E-state index in [9.17, 15) is 4.79 Å². The molecule has 0 aromatic carbocycles. The van der Waals surface area contributed by atoms with Crippen molar-refractivity contribution in [3.05, 3.63) is 23.9 Å². The first kappa shape index (κ1) is 13.2. The monoisotopic (exact) mass is 233 g/mol.